The van der Waals surface area contributed by atoms with Gasteiger partial charge in [-0.1, -0.05) is 25.1 Å². The van der Waals surface area contributed by atoms with Crippen LogP contribution in [0.2, 0.25) is 0 Å². The third-order valence-corrected chi connectivity index (χ3v) is 5.39. The number of hydrogen-bond donors (Lipinski definition) is 2. The van der Waals surface area contributed by atoms with Crippen LogP contribution in [-0.4, -0.2) is 61.0 Å². The fourth-order valence-electron chi connectivity index (χ4n) is 3.43. The highest BCUT2D eigenvalue weighted by molar-refractivity contribution is 5.94. The Kier molecular flexibility index (Phi) is 7.65. The lowest BCUT2D eigenvalue weighted by molar-refractivity contribution is 0.0939. The van der Waals surface area contributed by atoms with E-state index in [0.717, 1.165) is 49.9 Å². The molecule has 1 amide bonds. The van der Waals surface area contributed by atoms with Crippen LogP contribution in [-0.2, 0) is 6.54 Å². The fraction of sp³-hybridized carbons (Fsp3) is 0.435. The van der Waals surface area contributed by atoms with E-state index >= 15 is 0 Å². The summed E-state index contributed by atoms with van der Waals surface area (Å²) in [5.74, 6) is 1.87. The van der Waals surface area contributed by atoms with E-state index in [4.69, 9.17) is 0 Å². The summed E-state index contributed by atoms with van der Waals surface area (Å²) in [5, 5.41) is 6.46. The SMILES string of the molecule is CCC(C)NC(=O)c1cccc(CNC(=NC)N2CCN(c3ccccn3)CC2)c1. The third kappa shape index (κ3) is 5.72. The third-order valence-electron chi connectivity index (χ3n) is 5.39. The van der Waals surface area contributed by atoms with Gasteiger partial charge in [-0.2, -0.15) is 0 Å². The molecule has 7 heteroatoms. The number of hydrogen-bond acceptors (Lipinski definition) is 4. The number of amides is 1. The van der Waals surface area contributed by atoms with Crippen LogP contribution < -0.4 is 15.5 Å². The zero-order valence-electron chi connectivity index (χ0n) is 18.1. The van der Waals surface area contributed by atoms with Gasteiger partial charge in [0.25, 0.3) is 5.91 Å². The van der Waals surface area contributed by atoms with Gasteiger partial charge in [-0.05, 0) is 43.2 Å². The van der Waals surface area contributed by atoms with E-state index in [2.05, 4.69) is 37.3 Å². The average Bonchev–Trinajstić information content (AvgIpc) is 2.80. The molecular weight excluding hydrogens is 376 g/mol. The van der Waals surface area contributed by atoms with Crippen molar-refractivity contribution in [1.82, 2.24) is 20.5 Å². The van der Waals surface area contributed by atoms with Crippen molar-refractivity contribution in [2.75, 3.05) is 38.1 Å². The summed E-state index contributed by atoms with van der Waals surface area (Å²) in [6, 6.07) is 13.9. The molecule has 2 heterocycles. The van der Waals surface area contributed by atoms with Crippen molar-refractivity contribution in [3.8, 4) is 0 Å². The summed E-state index contributed by atoms with van der Waals surface area (Å²) in [6.07, 6.45) is 2.75. The average molecular weight is 409 g/mol. The molecule has 1 aliphatic rings. The van der Waals surface area contributed by atoms with Gasteiger partial charge >= 0.3 is 0 Å². The number of nitrogens with one attached hydrogen (secondary N) is 2. The number of rotatable bonds is 6. The summed E-state index contributed by atoms with van der Waals surface area (Å²) in [7, 11) is 1.81. The Bertz CT molecular complexity index is 846. The summed E-state index contributed by atoms with van der Waals surface area (Å²) in [5.41, 5.74) is 1.74. The molecule has 0 saturated carbocycles. The highest BCUT2D eigenvalue weighted by Gasteiger charge is 2.20. The summed E-state index contributed by atoms with van der Waals surface area (Å²) in [4.78, 5) is 25.8. The van der Waals surface area contributed by atoms with Crippen LogP contribution in [0.25, 0.3) is 0 Å². The van der Waals surface area contributed by atoms with Crippen molar-refractivity contribution >= 4 is 17.7 Å². The van der Waals surface area contributed by atoms with E-state index in [9.17, 15) is 4.79 Å². The Morgan fingerprint density at radius 2 is 1.97 bits per heavy atom. The zero-order chi connectivity index (χ0) is 21.3. The smallest absolute Gasteiger partial charge is 0.251 e. The van der Waals surface area contributed by atoms with E-state index in [-0.39, 0.29) is 11.9 Å². The second-order valence-electron chi connectivity index (χ2n) is 7.55. The minimum atomic E-state index is -0.0266. The van der Waals surface area contributed by atoms with Crippen molar-refractivity contribution in [2.45, 2.75) is 32.9 Å². The highest BCUT2D eigenvalue weighted by Crippen LogP contribution is 2.13. The van der Waals surface area contributed by atoms with E-state index in [0.29, 0.717) is 12.1 Å². The normalized spacial score (nSPS) is 15.6. The van der Waals surface area contributed by atoms with Crippen LogP contribution in [0.1, 0.15) is 36.2 Å². The Balaban J connectivity index is 1.54. The number of carbonyl (C=O) groups is 1. The van der Waals surface area contributed by atoms with Gasteiger partial charge < -0.3 is 20.4 Å². The molecule has 0 bridgehead atoms. The van der Waals surface area contributed by atoms with E-state index in [1.807, 2.05) is 62.6 Å². The second kappa shape index (κ2) is 10.6. The number of carbonyl (C=O) groups excluding carboxylic acids is 1. The number of piperazine rings is 1. The first-order valence-corrected chi connectivity index (χ1v) is 10.6. The maximum Gasteiger partial charge on any atom is 0.251 e. The molecule has 1 unspecified atom stereocenters. The topological polar surface area (TPSA) is 72.9 Å². The maximum absolute atomic E-state index is 12.4. The lowest BCUT2D eigenvalue weighted by Crippen LogP contribution is -2.52. The predicted molar refractivity (Wildman–Crippen MR) is 122 cm³/mol. The molecule has 1 aromatic carbocycles. The molecule has 3 rings (SSSR count). The summed E-state index contributed by atoms with van der Waals surface area (Å²) in [6.45, 7) is 8.28. The molecule has 7 nitrogen and oxygen atoms in total. The fourth-order valence-corrected chi connectivity index (χ4v) is 3.43. The monoisotopic (exact) mass is 408 g/mol. The molecule has 1 fully saturated rings. The molecule has 2 N–H and O–H groups in total. The first kappa shape index (κ1) is 21.6. The van der Waals surface area contributed by atoms with E-state index in [1.165, 1.54) is 0 Å². The Hall–Kier alpha value is -3.09. The number of pyridine rings is 1. The van der Waals surface area contributed by atoms with Crippen LogP contribution in [0.4, 0.5) is 5.82 Å². The Morgan fingerprint density at radius 1 is 1.17 bits per heavy atom. The van der Waals surface area contributed by atoms with Gasteiger partial charge in [0.15, 0.2) is 5.96 Å². The minimum absolute atomic E-state index is 0.0266. The largest absolute Gasteiger partial charge is 0.353 e. The van der Waals surface area contributed by atoms with Gasteiger partial charge in [0.2, 0.25) is 0 Å². The molecule has 0 radical (unpaired) electrons. The van der Waals surface area contributed by atoms with Gasteiger partial charge in [-0.25, -0.2) is 4.98 Å². The van der Waals surface area contributed by atoms with Crippen molar-refractivity contribution in [3.63, 3.8) is 0 Å². The first-order valence-electron chi connectivity index (χ1n) is 10.6. The van der Waals surface area contributed by atoms with Crippen molar-refractivity contribution < 1.29 is 4.79 Å². The van der Waals surface area contributed by atoms with E-state index in [1.54, 1.807) is 0 Å². The van der Waals surface area contributed by atoms with Crippen LogP contribution in [0.5, 0.6) is 0 Å². The minimum Gasteiger partial charge on any atom is -0.353 e. The number of anilines is 1. The number of guanidine groups is 1. The van der Waals surface area contributed by atoms with Crippen LogP contribution in [0, 0.1) is 0 Å². The number of aliphatic imine (C=N–C) groups is 1. The molecule has 160 valence electrons. The van der Waals surface area contributed by atoms with Gasteiger partial charge in [0, 0.05) is 57.6 Å². The predicted octanol–water partition coefficient (Wildman–Crippen LogP) is 2.51. The van der Waals surface area contributed by atoms with Gasteiger partial charge in [-0.15, -0.1) is 0 Å². The van der Waals surface area contributed by atoms with Crippen molar-refractivity contribution in [3.05, 3.63) is 59.8 Å². The first-order chi connectivity index (χ1) is 14.6. The second-order valence-corrected chi connectivity index (χ2v) is 7.55. The summed E-state index contributed by atoms with van der Waals surface area (Å²) >= 11 is 0. The van der Waals surface area contributed by atoms with Crippen LogP contribution in [0.15, 0.2) is 53.7 Å². The molecule has 1 aromatic heterocycles. The van der Waals surface area contributed by atoms with E-state index < -0.39 is 0 Å². The standard InChI is InChI=1S/C23H32N6O/c1-4-18(2)27-22(30)20-9-7-8-19(16-20)17-26-23(24-3)29-14-12-28(13-15-29)21-10-5-6-11-25-21/h5-11,16,18H,4,12-15,17H2,1-3H3,(H,24,26)(H,27,30). The lowest BCUT2D eigenvalue weighted by atomic mass is 10.1. The summed E-state index contributed by atoms with van der Waals surface area (Å²) < 4.78 is 0. The Labute approximate surface area is 179 Å². The molecule has 30 heavy (non-hydrogen) atoms. The molecule has 0 spiro atoms. The zero-order valence-corrected chi connectivity index (χ0v) is 18.1. The quantitative estimate of drug-likeness (QED) is 0.568. The van der Waals surface area contributed by atoms with Gasteiger partial charge in [-0.3, -0.25) is 9.79 Å². The van der Waals surface area contributed by atoms with Crippen LogP contribution >= 0.6 is 0 Å². The lowest BCUT2D eigenvalue weighted by Gasteiger charge is -2.37. The van der Waals surface area contributed by atoms with Gasteiger partial charge in [0.1, 0.15) is 5.82 Å². The number of benzene rings is 1. The Morgan fingerprint density at radius 3 is 2.63 bits per heavy atom. The molecule has 0 aliphatic carbocycles. The molecular formula is C23H32N6O. The molecule has 2 aromatic rings. The van der Waals surface area contributed by atoms with Crippen molar-refractivity contribution in [1.29, 1.82) is 0 Å². The maximum atomic E-state index is 12.4. The highest BCUT2D eigenvalue weighted by atomic mass is 16.1. The van der Waals surface area contributed by atoms with Crippen molar-refractivity contribution in [2.24, 2.45) is 4.99 Å². The molecule has 1 atom stereocenters. The number of nitrogens with zero attached hydrogens (tertiary/aromatic N) is 4. The molecule has 1 saturated heterocycles. The van der Waals surface area contributed by atoms with Gasteiger partial charge in [0.05, 0.1) is 0 Å². The number of aromatic nitrogens is 1. The molecule has 1 aliphatic heterocycles. The van der Waals surface area contributed by atoms with Crippen LogP contribution in [0.3, 0.4) is 0 Å².